The van der Waals surface area contributed by atoms with Crippen LogP contribution in [0.15, 0.2) is 23.1 Å². The van der Waals surface area contributed by atoms with Crippen molar-refractivity contribution < 1.29 is 21.9 Å². The fourth-order valence-corrected chi connectivity index (χ4v) is 4.15. The molecule has 5 nitrogen and oxygen atoms in total. The number of hydrogen-bond acceptors (Lipinski definition) is 4. The molecule has 0 spiro atoms. The average Bonchev–Trinajstić information content (AvgIpc) is 2.49. The van der Waals surface area contributed by atoms with Crippen LogP contribution >= 0.6 is 11.6 Å². The first kappa shape index (κ1) is 17.4. The minimum atomic E-state index is -3.68. The quantitative estimate of drug-likeness (QED) is 0.881. The van der Waals surface area contributed by atoms with Gasteiger partial charge in [0.15, 0.2) is 0 Å². The van der Waals surface area contributed by atoms with Crippen molar-refractivity contribution in [2.75, 3.05) is 20.1 Å². The average molecular weight is 355 g/mol. The van der Waals surface area contributed by atoms with Crippen LogP contribution in [0, 0.1) is 0 Å². The number of hydrogen-bond donors (Lipinski definition) is 1. The highest BCUT2D eigenvalue weighted by Gasteiger charge is 2.29. The van der Waals surface area contributed by atoms with E-state index in [1.165, 1.54) is 10.4 Å². The first-order valence-corrected chi connectivity index (χ1v) is 8.58. The van der Waals surface area contributed by atoms with Gasteiger partial charge in [0.1, 0.15) is 5.75 Å². The smallest absolute Gasteiger partial charge is 0.387 e. The maximum Gasteiger partial charge on any atom is 0.387 e. The standard InChI is InChI=1S/C13H17ClF2N2O3S/c1-17-9-4-6-18(7-5-9)22(19,20)10-2-3-12(11(14)8-10)21-13(15)16/h2-3,8-9,13,17H,4-7H2,1H3. The molecule has 0 radical (unpaired) electrons. The number of nitrogens with one attached hydrogen (secondary N) is 1. The summed E-state index contributed by atoms with van der Waals surface area (Å²) >= 11 is 5.81. The lowest BCUT2D eigenvalue weighted by molar-refractivity contribution is -0.0498. The topological polar surface area (TPSA) is 58.6 Å². The Morgan fingerprint density at radius 1 is 1.36 bits per heavy atom. The third-order valence-corrected chi connectivity index (χ3v) is 5.81. The SMILES string of the molecule is CNC1CCN(S(=O)(=O)c2ccc(OC(F)F)c(Cl)c2)CC1. The number of halogens is 3. The van der Waals surface area contributed by atoms with Gasteiger partial charge in [-0.2, -0.15) is 13.1 Å². The van der Waals surface area contributed by atoms with Gasteiger partial charge in [0.2, 0.25) is 10.0 Å². The van der Waals surface area contributed by atoms with Crippen LogP contribution in [0.1, 0.15) is 12.8 Å². The van der Waals surface area contributed by atoms with Crippen molar-refractivity contribution in [3.05, 3.63) is 23.2 Å². The number of rotatable bonds is 5. The molecule has 1 aliphatic heterocycles. The van der Waals surface area contributed by atoms with E-state index in [0.29, 0.717) is 19.1 Å². The van der Waals surface area contributed by atoms with Crippen molar-refractivity contribution in [1.29, 1.82) is 0 Å². The van der Waals surface area contributed by atoms with Crippen LogP contribution in [0.3, 0.4) is 0 Å². The summed E-state index contributed by atoms with van der Waals surface area (Å²) in [7, 11) is -1.84. The molecule has 0 aromatic heterocycles. The molecule has 124 valence electrons. The Labute approximate surface area is 133 Å². The third kappa shape index (κ3) is 3.87. The predicted molar refractivity (Wildman–Crippen MR) is 78.9 cm³/mol. The zero-order valence-corrected chi connectivity index (χ0v) is 13.5. The first-order valence-electron chi connectivity index (χ1n) is 6.76. The molecular formula is C13H17ClF2N2O3S. The summed E-state index contributed by atoms with van der Waals surface area (Å²) in [6.07, 6.45) is 1.44. The van der Waals surface area contributed by atoms with Gasteiger partial charge < -0.3 is 10.1 Å². The Morgan fingerprint density at radius 2 is 2.00 bits per heavy atom. The lowest BCUT2D eigenvalue weighted by atomic mass is 10.1. The van der Waals surface area contributed by atoms with Crippen LogP contribution in [0.4, 0.5) is 8.78 Å². The molecule has 1 heterocycles. The maximum atomic E-state index is 12.5. The van der Waals surface area contributed by atoms with E-state index in [4.69, 9.17) is 11.6 Å². The minimum absolute atomic E-state index is 0.0259. The predicted octanol–water partition coefficient (Wildman–Crippen LogP) is 2.31. The van der Waals surface area contributed by atoms with Crippen molar-refractivity contribution in [2.24, 2.45) is 0 Å². The van der Waals surface area contributed by atoms with Gasteiger partial charge >= 0.3 is 6.61 Å². The second kappa shape index (κ2) is 7.08. The highest BCUT2D eigenvalue weighted by molar-refractivity contribution is 7.89. The molecule has 0 unspecified atom stereocenters. The summed E-state index contributed by atoms with van der Waals surface area (Å²) in [5, 5.41) is 2.96. The van der Waals surface area contributed by atoms with Crippen LogP contribution in [-0.2, 0) is 10.0 Å². The largest absolute Gasteiger partial charge is 0.433 e. The van der Waals surface area contributed by atoms with Crippen molar-refractivity contribution >= 4 is 21.6 Å². The van der Waals surface area contributed by atoms with Gasteiger partial charge in [0, 0.05) is 19.1 Å². The zero-order valence-electron chi connectivity index (χ0n) is 11.9. The second-order valence-corrected chi connectivity index (χ2v) is 7.28. The molecule has 0 atom stereocenters. The van der Waals surface area contributed by atoms with E-state index in [0.717, 1.165) is 25.0 Å². The number of nitrogens with zero attached hydrogens (tertiary/aromatic N) is 1. The molecule has 2 rings (SSSR count). The molecule has 1 N–H and O–H groups in total. The van der Waals surface area contributed by atoms with Crippen molar-refractivity contribution in [3.8, 4) is 5.75 Å². The van der Waals surface area contributed by atoms with Gasteiger partial charge in [-0.15, -0.1) is 0 Å². The van der Waals surface area contributed by atoms with Crippen molar-refractivity contribution in [2.45, 2.75) is 30.4 Å². The Hall–Kier alpha value is -0.960. The van der Waals surface area contributed by atoms with E-state index in [1.807, 2.05) is 7.05 Å². The Morgan fingerprint density at radius 3 is 2.50 bits per heavy atom. The van der Waals surface area contributed by atoms with Crippen LogP contribution < -0.4 is 10.1 Å². The summed E-state index contributed by atoms with van der Waals surface area (Å²) in [6.45, 7) is -2.21. The molecule has 1 aromatic carbocycles. The van der Waals surface area contributed by atoms with Crippen LogP contribution in [0.25, 0.3) is 0 Å². The van der Waals surface area contributed by atoms with E-state index in [1.54, 1.807) is 0 Å². The Kier molecular flexibility index (Phi) is 5.60. The molecule has 1 aromatic rings. The Balaban J connectivity index is 2.18. The van der Waals surface area contributed by atoms with Gasteiger partial charge in [-0.3, -0.25) is 0 Å². The first-order chi connectivity index (χ1) is 10.3. The monoisotopic (exact) mass is 354 g/mol. The van der Waals surface area contributed by atoms with E-state index in [9.17, 15) is 17.2 Å². The molecule has 0 saturated carbocycles. The van der Waals surface area contributed by atoms with Crippen LogP contribution in [0.5, 0.6) is 5.75 Å². The molecule has 1 aliphatic rings. The number of ether oxygens (including phenoxy) is 1. The molecule has 0 bridgehead atoms. The summed E-state index contributed by atoms with van der Waals surface area (Å²) in [6, 6.07) is 3.81. The van der Waals surface area contributed by atoms with Gasteiger partial charge in [-0.1, -0.05) is 11.6 Å². The van der Waals surface area contributed by atoms with Gasteiger partial charge in [0.25, 0.3) is 0 Å². The Bertz CT molecular complexity index is 620. The number of piperidine rings is 1. The zero-order chi connectivity index (χ0) is 16.3. The third-order valence-electron chi connectivity index (χ3n) is 3.62. The van der Waals surface area contributed by atoms with E-state index < -0.39 is 16.6 Å². The number of sulfonamides is 1. The molecule has 22 heavy (non-hydrogen) atoms. The van der Waals surface area contributed by atoms with Crippen LogP contribution in [-0.4, -0.2) is 45.5 Å². The lowest BCUT2D eigenvalue weighted by Crippen LogP contribution is -2.43. The van der Waals surface area contributed by atoms with Crippen molar-refractivity contribution in [1.82, 2.24) is 9.62 Å². The number of alkyl halides is 2. The normalized spacial score (nSPS) is 17.9. The molecular weight excluding hydrogens is 338 g/mol. The lowest BCUT2D eigenvalue weighted by Gasteiger charge is -2.31. The molecule has 1 saturated heterocycles. The van der Waals surface area contributed by atoms with E-state index in [-0.39, 0.29) is 15.7 Å². The van der Waals surface area contributed by atoms with Gasteiger partial charge in [0.05, 0.1) is 9.92 Å². The van der Waals surface area contributed by atoms with E-state index >= 15 is 0 Å². The minimum Gasteiger partial charge on any atom is -0.433 e. The van der Waals surface area contributed by atoms with Crippen molar-refractivity contribution in [3.63, 3.8) is 0 Å². The maximum absolute atomic E-state index is 12.5. The van der Waals surface area contributed by atoms with Gasteiger partial charge in [-0.05, 0) is 38.1 Å². The molecule has 0 amide bonds. The fraction of sp³-hybridized carbons (Fsp3) is 0.538. The molecule has 0 aliphatic carbocycles. The molecule has 9 heteroatoms. The second-order valence-electron chi connectivity index (χ2n) is 4.94. The van der Waals surface area contributed by atoms with E-state index in [2.05, 4.69) is 10.1 Å². The van der Waals surface area contributed by atoms with Crippen LogP contribution in [0.2, 0.25) is 5.02 Å². The summed E-state index contributed by atoms with van der Waals surface area (Å²) < 4.78 is 55.0. The summed E-state index contributed by atoms with van der Waals surface area (Å²) in [5.74, 6) is -0.246. The highest BCUT2D eigenvalue weighted by atomic mass is 35.5. The number of benzene rings is 1. The summed E-state index contributed by atoms with van der Waals surface area (Å²) in [4.78, 5) is -0.0259. The van der Waals surface area contributed by atoms with Gasteiger partial charge in [-0.25, -0.2) is 8.42 Å². The molecule has 1 fully saturated rings. The summed E-state index contributed by atoms with van der Waals surface area (Å²) in [5.41, 5.74) is 0. The fourth-order valence-electron chi connectivity index (χ4n) is 2.37. The highest BCUT2D eigenvalue weighted by Crippen LogP contribution is 2.30.